The van der Waals surface area contributed by atoms with Crippen molar-refractivity contribution >= 4 is 33.7 Å². The number of rotatable bonds is 3. The van der Waals surface area contributed by atoms with E-state index in [1.54, 1.807) is 24.4 Å². The summed E-state index contributed by atoms with van der Waals surface area (Å²) in [6, 6.07) is 12.3. The minimum absolute atomic E-state index is 0.0427. The van der Waals surface area contributed by atoms with Gasteiger partial charge in [-0.2, -0.15) is 0 Å². The molecule has 0 radical (unpaired) electrons. The fraction of sp³-hybridized carbons (Fsp3) is 0.0625. The zero-order valence-electron chi connectivity index (χ0n) is 11.4. The average Bonchev–Trinajstić information content (AvgIpc) is 2.42. The highest BCUT2D eigenvalue weighted by atomic mass is 79.9. The first kappa shape index (κ1) is 15.1. The molecule has 2 rings (SSSR count). The minimum atomic E-state index is -0.416. The summed E-state index contributed by atoms with van der Waals surface area (Å²) in [4.78, 5) is 11.7. The van der Waals surface area contributed by atoms with Crippen LogP contribution < -0.4 is 10.6 Å². The van der Waals surface area contributed by atoms with Gasteiger partial charge in [0.1, 0.15) is 5.75 Å². The molecule has 0 fully saturated rings. The highest BCUT2D eigenvalue weighted by molar-refractivity contribution is 9.10. The maximum Gasteiger partial charge on any atom is 0.323 e. The van der Waals surface area contributed by atoms with E-state index >= 15 is 0 Å². The second-order valence-electron chi connectivity index (χ2n) is 4.51. The molecule has 0 spiro atoms. The van der Waals surface area contributed by atoms with Crippen LogP contribution in [0.1, 0.15) is 11.1 Å². The van der Waals surface area contributed by atoms with E-state index < -0.39 is 6.03 Å². The average molecular weight is 347 g/mol. The lowest BCUT2D eigenvalue weighted by molar-refractivity contribution is 0.255. The molecule has 5 heteroatoms. The lowest BCUT2D eigenvalue weighted by Gasteiger charge is -2.07. The molecular formula is C16H15BrN2O2. The van der Waals surface area contributed by atoms with Crippen LogP contribution in [0.2, 0.25) is 0 Å². The minimum Gasteiger partial charge on any atom is -0.506 e. The van der Waals surface area contributed by atoms with Crippen LogP contribution in [0, 0.1) is 6.92 Å². The summed E-state index contributed by atoms with van der Waals surface area (Å²) < 4.78 is 0.971. The van der Waals surface area contributed by atoms with Crippen LogP contribution in [0.3, 0.4) is 0 Å². The van der Waals surface area contributed by atoms with E-state index in [-0.39, 0.29) is 5.75 Å². The quantitative estimate of drug-likeness (QED) is 0.727. The number of benzene rings is 2. The summed E-state index contributed by atoms with van der Waals surface area (Å²) in [5.41, 5.74) is 2.25. The smallest absolute Gasteiger partial charge is 0.323 e. The summed E-state index contributed by atoms with van der Waals surface area (Å²) in [6.45, 7) is 1.87. The van der Waals surface area contributed by atoms with Gasteiger partial charge in [-0.25, -0.2) is 4.79 Å². The van der Waals surface area contributed by atoms with Crippen molar-refractivity contribution in [1.82, 2.24) is 5.32 Å². The van der Waals surface area contributed by atoms with Crippen molar-refractivity contribution in [1.29, 1.82) is 0 Å². The van der Waals surface area contributed by atoms with Crippen molar-refractivity contribution in [2.24, 2.45) is 0 Å². The molecular weight excluding hydrogens is 332 g/mol. The Hall–Kier alpha value is -2.27. The van der Waals surface area contributed by atoms with Gasteiger partial charge < -0.3 is 15.7 Å². The number of urea groups is 1. The van der Waals surface area contributed by atoms with Crippen molar-refractivity contribution in [3.8, 4) is 5.75 Å². The Balaban J connectivity index is 1.93. The monoisotopic (exact) mass is 346 g/mol. The Labute approximate surface area is 131 Å². The molecule has 0 heterocycles. The molecule has 0 saturated carbocycles. The maximum atomic E-state index is 11.7. The summed E-state index contributed by atoms with van der Waals surface area (Å²) >= 11 is 3.38. The summed E-state index contributed by atoms with van der Waals surface area (Å²) in [6.07, 6.45) is 3.32. The highest BCUT2D eigenvalue weighted by Crippen LogP contribution is 2.23. The molecule has 0 aromatic heterocycles. The number of carbonyl (C=O) groups excluding carboxylic acids is 1. The van der Waals surface area contributed by atoms with Crippen LogP contribution >= 0.6 is 15.9 Å². The molecule has 0 atom stereocenters. The Morgan fingerprint density at radius 1 is 1.24 bits per heavy atom. The fourth-order valence-corrected chi connectivity index (χ4v) is 2.15. The highest BCUT2D eigenvalue weighted by Gasteiger charge is 2.04. The molecule has 2 aromatic rings. The number of carbonyl (C=O) groups is 1. The van der Waals surface area contributed by atoms with Gasteiger partial charge in [0.05, 0.1) is 5.69 Å². The first-order valence-corrected chi connectivity index (χ1v) is 7.13. The lowest BCUT2D eigenvalue weighted by Crippen LogP contribution is -2.23. The predicted molar refractivity (Wildman–Crippen MR) is 88.2 cm³/mol. The second kappa shape index (κ2) is 6.95. The molecule has 0 aliphatic heterocycles. The first-order chi connectivity index (χ1) is 10.0. The molecule has 4 nitrogen and oxygen atoms in total. The molecule has 0 unspecified atom stereocenters. The van der Waals surface area contributed by atoms with Gasteiger partial charge in [-0.3, -0.25) is 0 Å². The number of hydrogen-bond donors (Lipinski definition) is 3. The second-order valence-corrected chi connectivity index (χ2v) is 5.42. The summed E-state index contributed by atoms with van der Waals surface area (Å²) in [5.74, 6) is 0.0427. The molecule has 0 aliphatic rings. The van der Waals surface area contributed by atoms with Crippen LogP contribution in [0.15, 0.2) is 53.1 Å². The van der Waals surface area contributed by atoms with Crippen LogP contribution in [0.5, 0.6) is 5.75 Å². The third-order valence-corrected chi connectivity index (χ3v) is 3.23. The van der Waals surface area contributed by atoms with E-state index in [4.69, 9.17) is 0 Å². The van der Waals surface area contributed by atoms with Crippen molar-refractivity contribution < 1.29 is 9.90 Å². The normalized spacial score (nSPS) is 10.6. The molecule has 0 aliphatic carbocycles. The van der Waals surface area contributed by atoms with Crippen molar-refractivity contribution in [2.75, 3.05) is 5.32 Å². The van der Waals surface area contributed by atoms with E-state index in [1.807, 2.05) is 37.3 Å². The zero-order chi connectivity index (χ0) is 15.2. The number of phenolic OH excluding ortho intramolecular Hbond substituents is 1. The number of nitrogens with one attached hydrogen (secondary N) is 2. The number of phenols is 1. The van der Waals surface area contributed by atoms with E-state index in [0.717, 1.165) is 15.6 Å². The number of halogens is 1. The van der Waals surface area contributed by atoms with Gasteiger partial charge in [0.2, 0.25) is 0 Å². The van der Waals surface area contributed by atoms with Crippen molar-refractivity contribution in [3.05, 3.63) is 64.3 Å². The van der Waals surface area contributed by atoms with E-state index in [0.29, 0.717) is 5.69 Å². The number of aromatic hydroxyl groups is 1. The fourth-order valence-electron chi connectivity index (χ4n) is 1.73. The predicted octanol–water partition coefficient (Wildman–Crippen LogP) is 4.26. The van der Waals surface area contributed by atoms with E-state index in [1.165, 1.54) is 0 Å². The molecule has 3 N–H and O–H groups in total. The molecule has 0 bridgehead atoms. The number of aryl methyl sites for hydroxylation is 1. The van der Waals surface area contributed by atoms with Gasteiger partial charge in [-0.1, -0.05) is 34.1 Å². The van der Waals surface area contributed by atoms with Gasteiger partial charge in [-0.15, -0.1) is 0 Å². The van der Waals surface area contributed by atoms with E-state index in [9.17, 15) is 9.90 Å². The lowest BCUT2D eigenvalue weighted by atomic mass is 10.2. The largest absolute Gasteiger partial charge is 0.506 e. The van der Waals surface area contributed by atoms with Gasteiger partial charge in [0.15, 0.2) is 0 Å². The molecule has 2 aromatic carbocycles. The SMILES string of the molecule is Cc1ccc(NC(=O)N/C=C/c2cccc(Br)c2)c(O)c1. The van der Waals surface area contributed by atoms with Crippen molar-refractivity contribution in [3.63, 3.8) is 0 Å². The molecule has 108 valence electrons. The molecule has 21 heavy (non-hydrogen) atoms. The summed E-state index contributed by atoms with van der Waals surface area (Å²) in [7, 11) is 0. The third-order valence-electron chi connectivity index (χ3n) is 2.74. The van der Waals surface area contributed by atoms with Crippen LogP contribution in [0.4, 0.5) is 10.5 Å². The van der Waals surface area contributed by atoms with Crippen LogP contribution in [-0.4, -0.2) is 11.1 Å². The van der Waals surface area contributed by atoms with Gasteiger partial charge in [0.25, 0.3) is 0 Å². The Kier molecular flexibility index (Phi) is 5.00. The Bertz CT molecular complexity index is 684. The third kappa shape index (κ3) is 4.65. The van der Waals surface area contributed by atoms with Crippen LogP contribution in [0.25, 0.3) is 6.08 Å². The molecule has 2 amide bonds. The van der Waals surface area contributed by atoms with E-state index in [2.05, 4.69) is 26.6 Å². The number of hydrogen-bond acceptors (Lipinski definition) is 2. The van der Waals surface area contributed by atoms with Gasteiger partial charge >= 0.3 is 6.03 Å². The summed E-state index contributed by atoms with van der Waals surface area (Å²) in [5, 5.41) is 14.9. The number of amides is 2. The maximum absolute atomic E-state index is 11.7. The number of anilines is 1. The Morgan fingerprint density at radius 2 is 2.05 bits per heavy atom. The van der Waals surface area contributed by atoms with Gasteiger partial charge in [0, 0.05) is 10.7 Å². The topological polar surface area (TPSA) is 61.4 Å². The Morgan fingerprint density at radius 3 is 2.76 bits per heavy atom. The standard InChI is InChI=1S/C16H15BrN2O2/c1-11-5-6-14(15(20)9-11)19-16(21)18-8-7-12-3-2-4-13(17)10-12/h2-10,20H,1H3,(H2,18,19,21)/b8-7+. The zero-order valence-corrected chi connectivity index (χ0v) is 13.0. The molecule has 0 saturated heterocycles. The van der Waals surface area contributed by atoms with Crippen LogP contribution in [-0.2, 0) is 0 Å². The first-order valence-electron chi connectivity index (χ1n) is 6.34. The van der Waals surface area contributed by atoms with Gasteiger partial charge in [-0.05, 0) is 48.4 Å². The van der Waals surface area contributed by atoms with Crippen molar-refractivity contribution in [2.45, 2.75) is 6.92 Å².